The highest BCUT2D eigenvalue weighted by Gasteiger charge is 2.35. The zero-order chi connectivity index (χ0) is 17.3. The largest absolute Gasteiger partial charge is 0.356 e. The highest BCUT2D eigenvalue weighted by molar-refractivity contribution is 6.02. The van der Waals surface area contributed by atoms with Crippen LogP contribution in [0.25, 0.3) is 0 Å². The van der Waals surface area contributed by atoms with Gasteiger partial charge in [-0.15, -0.1) is 0 Å². The molecule has 0 aliphatic carbocycles. The van der Waals surface area contributed by atoms with Crippen LogP contribution >= 0.6 is 0 Å². The first-order valence-corrected chi connectivity index (χ1v) is 7.74. The minimum absolute atomic E-state index is 0.114. The van der Waals surface area contributed by atoms with Gasteiger partial charge in [0.25, 0.3) is 11.5 Å². The molecule has 1 rings (SSSR count). The van der Waals surface area contributed by atoms with Crippen molar-refractivity contribution in [2.24, 2.45) is 0 Å². The lowest BCUT2D eigenvalue weighted by Crippen LogP contribution is -2.40. The fourth-order valence-corrected chi connectivity index (χ4v) is 2.11. The van der Waals surface area contributed by atoms with E-state index in [0.717, 1.165) is 25.7 Å². The van der Waals surface area contributed by atoms with Crippen molar-refractivity contribution in [3.8, 4) is 0 Å². The second kappa shape index (κ2) is 9.17. The van der Waals surface area contributed by atoms with Crippen molar-refractivity contribution in [3.63, 3.8) is 0 Å². The van der Waals surface area contributed by atoms with Gasteiger partial charge in [-0.2, -0.15) is 0 Å². The van der Waals surface area contributed by atoms with Gasteiger partial charge in [0.2, 0.25) is 5.78 Å². The predicted octanol–water partition coefficient (Wildman–Crippen LogP) is 3.64. The predicted molar refractivity (Wildman–Crippen MR) is 87.3 cm³/mol. The first kappa shape index (κ1) is 19.0. The fourth-order valence-electron chi connectivity index (χ4n) is 2.11. The SMILES string of the molecule is CC=CC(O)(OCCCCCC)C(=O)c1ccc([N+](=O)[O-])cc1. The van der Waals surface area contributed by atoms with Gasteiger partial charge in [-0.1, -0.05) is 32.3 Å². The Morgan fingerprint density at radius 1 is 1.30 bits per heavy atom. The number of hydrogen-bond acceptors (Lipinski definition) is 5. The van der Waals surface area contributed by atoms with Crippen molar-refractivity contribution in [2.75, 3.05) is 6.61 Å². The van der Waals surface area contributed by atoms with Crippen LogP contribution in [-0.4, -0.2) is 28.2 Å². The molecule has 0 bridgehead atoms. The van der Waals surface area contributed by atoms with Crippen LogP contribution in [-0.2, 0) is 4.74 Å². The molecule has 1 atom stereocenters. The van der Waals surface area contributed by atoms with Crippen molar-refractivity contribution >= 4 is 11.5 Å². The molecule has 0 saturated carbocycles. The standard InChI is InChI=1S/C17H23NO5/c1-3-5-6-7-13-23-17(20,12-4-2)16(19)14-8-10-15(11-9-14)18(21)22/h4,8-12,20H,3,5-7,13H2,1-2H3. The summed E-state index contributed by atoms with van der Waals surface area (Å²) in [6, 6.07) is 5.08. The summed E-state index contributed by atoms with van der Waals surface area (Å²) in [7, 11) is 0. The van der Waals surface area contributed by atoms with Gasteiger partial charge in [0.05, 0.1) is 11.5 Å². The Hall–Kier alpha value is -2.05. The molecule has 1 N–H and O–H groups in total. The van der Waals surface area contributed by atoms with Crippen LogP contribution < -0.4 is 0 Å². The maximum absolute atomic E-state index is 12.5. The number of unbranched alkanes of at least 4 members (excludes halogenated alkanes) is 3. The van der Waals surface area contributed by atoms with Crippen LogP contribution in [0.3, 0.4) is 0 Å². The molecule has 0 amide bonds. The topological polar surface area (TPSA) is 89.7 Å². The number of rotatable bonds is 10. The molecule has 1 aromatic rings. The molecule has 23 heavy (non-hydrogen) atoms. The van der Waals surface area contributed by atoms with Crippen LogP contribution in [0.15, 0.2) is 36.4 Å². The Balaban J connectivity index is 2.81. The van der Waals surface area contributed by atoms with Crippen LogP contribution in [0.5, 0.6) is 0 Å². The van der Waals surface area contributed by atoms with E-state index in [4.69, 9.17) is 4.74 Å². The summed E-state index contributed by atoms with van der Waals surface area (Å²) < 4.78 is 5.40. The zero-order valence-corrected chi connectivity index (χ0v) is 13.5. The van der Waals surface area contributed by atoms with Gasteiger partial charge < -0.3 is 9.84 Å². The number of non-ortho nitro benzene ring substituents is 1. The summed E-state index contributed by atoms with van der Waals surface area (Å²) in [5.41, 5.74) is 0.0429. The molecule has 0 heterocycles. The molecule has 0 aromatic heterocycles. The van der Waals surface area contributed by atoms with Gasteiger partial charge in [0.1, 0.15) is 0 Å². The third-order valence-corrected chi connectivity index (χ3v) is 3.38. The van der Waals surface area contributed by atoms with E-state index in [1.807, 2.05) is 0 Å². The van der Waals surface area contributed by atoms with Gasteiger partial charge in [-0.05, 0) is 31.6 Å². The summed E-state index contributed by atoms with van der Waals surface area (Å²) in [6.07, 6.45) is 6.70. The molecule has 0 fully saturated rings. The van der Waals surface area contributed by atoms with Crippen molar-refractivity contribution in [1.82, 2.24) is 0 Å². The lowest BCUT2D eigenvalue weighted by molar-refractivity contribution is -0.384. The lowest BCUT2D eigenvalue weighted by Gasteiger charge is -2.23. The second-order valence-corrected chi connectivity index (χ2v) is 5.24. The summed E-state index contributed by atoms with van der Waals surface area (Å²) in [6.45, 7) is 4.03. The molecule has 0 saturated heterocycles. The Bertz CT molecular complexity index is 553. The average molecular weight is 321 g/mol. The highest BCUT2D eigenvalue weighted by atomic mass is 16.6. The summed E-state index contributed by atoms with van der Waals surface area (Å²) >= 11 is 0. The Kier molecular flexibility index (Phi) is 7.57. The molecule has 0 radical (unpaired) electrons. The number of carbonyl (C=O) groups is 1. The van der Waals surface area contributed by atoms with Gasteiger partial charge in [-0.25, -0.2) is 0 Å². The minimum atomic E-state index is -2.04. The van der Waals surface area contributed by atoms with E-state index in [1.165, 1.54) is 36.4 Å². The number of benzene rings is 1. The first-order chi connectivity index (χ1) is 10.9. The van der Waals surface area contributed by atoms with E-state index < -0.39 is 16.5 Å². The quantitative estimate of drug-likeness (QED) is 0.177. The summed E-state index contributed by atoms with van der Waals surface area (Å²) in [4.78, 5) is 22.6. The zero-order valence-electron chi connectivity index (χ0n) is 13.5. The molecule has 126 valence electrons. The number of Topliss-reactive ketones (excluding diaryl/α,β-unsaturated/α-hetero) is 1. The number of aliphatic hydroxyl groups is 1. The van der Waals surface area contributed by atoms with Gasteiger partial charge in [0.15, 0.2) is 0 Å². The molecule has 6 heteroatoms. The normalized spacial score (nSPS) is 13.9. The third-order valence-electron chi connectivity index (χ3n) is 3.38. The minimum Gasteiger partial charge on any atom is -0.356 e. The van der Waals surface area contributed by atoms with Crippen molar-refractivity contribution in [2.45, 2.75) is 45.3 Å². The molecule has 1 unspecified atom stereocenters. The number of allylic oxidation sites excluding steroid dienone is 1. The van der Waals surface area contributed by atoms with Crippen LogP contribution in [0.2, 0.25) is 0 Å². The first-order valence-electron chi connectivity index (χ1n) is 7.74. The molecule has 6 nitrogen and oxygen atoms in total. The van der Waals surface area contributed by atoms with Crippen molar-refractivity contribution < 1.29 is 19.6 Å². The fraction of sp³-hybridized carbons (Fsp3) is 0.471. The number of carbonyl (C=O) groups excluding carboxylic acids is 1. The maximum Gasteiger partial charge on any atom is 0.269 e. The number of hydrogen-bond donors (Lipinski definition) is 1. The number of ketones is 1. The number of nitro benzene ring substituents is 1. The smallest absolute Gasteiger partial charge is 0.269 e. The molecule has 0 spiro atoms. The Morgan fingerprint density at radius 2 is 1.96 bits per heavy atom. The number of ether oxygens (including phenoxy) is 1. The molecule has 1 aromatic carbocycles. The van der Waals surface area contributed by atoms with E-state index in [-0.39, 0.29) is 17.9 Å². The monoisotopic (exact) mass is 321 g/mol. The van der Waals surface area contributed by atoms with E-state index in [1.54, 1.807) is 6.92 Å². The highest BCUT2D eigenvalue weighted by Crippen LogP contribution is 2.20. The molecular formula is C17H23NO5. The van der Waals surface area contributed by atoms with Crippen molar-refractivity contribution in [3.05, 3.63) is 52.1 Å². The third kappa shape index (κ3) is 5.58. The molecular weight excluding hydrogens is 298 g/mol. The molecule has 0 aliphatic rings. The van der Waals surface area contributed by atoms with Gasteiger partial charge in [0, 0.05) is 17.7 Å². The van der Waals surface area contributed by atoms with Crippen LogP contribution in [0.4, 0.5) is 5.69 Å². The van der Waals surface area contributed by atoms with Crippen LogP contribution in [0.1, 0.15) is 49.9 Å². The Morgan fingerprint density at radius 3 is 2.48 bits per heavy atom. The van der Waals surface area contributed by atoms with E-state index in [2.05, 4.69) is 6.92 Å². The van der Waals surface area contributed by atoms with E-state index >= 15 is 0 Å². The number of nitrogens with zero attached hydrogens (tertiary/aromatic N) is 1. The summed E-state index contributed by atoms with van der Waals surface area (Å²) in [5, 5.41) is 21.1. The van der Waals surface area contributed by atoms with E-state index in [0.29, 0.717) is 0 Å². The lowest BCUT2D eigenvalue weighted by atomic mass is 10.0. The molecule has 0 aliphatic heterocycles. The van der Waals surface area contributed by atoms with Crippen LogP contribution in [0, 0.1) is 10.1 Å². The van der Waals surface area contributed by atoms with Gasteiger partial charge in [-0.3, -0.25) is 14.9 Å². The average Bonchev–Trinajstić information content (AvgIpc) is 2.54. The van der Waals surface area contributed by atoms with E-state index in [9.17, 15) is 20.0 Å². The number of nitro groups is 1. The van der Waals surface area contributed by atoms with Gasteiger partial charge >= 0.3 is 0 Å². The second-order valence-electron chi connectivity index (χ2n) is 5.24. The Labute approximate surface area is 135 Å². The summed E-state index contributed by atoms with van der Waals surface area (Å²) in [5.74, 6) is -2.68. The maximum atomic E-state index is 12.5. The van der Waals surface area contributed by atoms with Crippen molar-refractivity contribution in [1.29, 1.82) is 0 Å².